The number of esters is 1. The Morgan fingerprint density at radius 2 is 1.88 bits per heavy atom. The normalized spacial score (nSPS) is 23.9. The molecule has 0 spiro atoms. The summed E-state index contributed by atoms with van der Waals surface area (Å²) in [6.07, 6.45) is 4.66. The molecule has 5 heteroatoms. The van der Waals surface area contributed by atoms with Crippen LogP contribution in [0.1, 0.15) is 39.0 Å². The fraction of sp³-hybridized carbons (Fsp3) is 0.833. The van der Waals surface area contributed by atoms with E-state index in [-0.39, 0.29) is 24.5 Å². The van der Waals surface area contributed by atoms with Gasteiger partial charge in [0.15, 0.2) is 0 Å². The molecule has 1 saturated carbocycles. The summed E-state index contributed by atoms with van der Waals surface area (Å²) in [4.78, 5) is 22.3. The second kappa shape index (κ2) is 7.14. The Morgan fingerprint density at radius 1 is 1.24 bits per heavy atom. The minimum absolute atomic E-state index is 0.187. The minimum atomic E-state index is -0.309. The van der Waals surface area contributed by atoms with Crippen molar-refractivity contribution in [3.63, 3.8) is 0 Å². The monoisotopic (exact) mass is 242 g/mol. The van der Waals surface area contributed by atoms with E-state index >= 15 is 0 Å². The summed E-state index contributed by atoms with van der Waals surface area (Å²) in [5.41, 5.74) is 0. The molecule has 0 aromatic rings. The number of carbonyl (C=O) groups excluding carboxylic acids is 2. The van der Waals surface area contributed by atoms with Gasteiger partial charge in [0, 0.05) is 12.6 Å². The fourth-order valence-electron chi connectivity index (χ4n) is 2.02. The molecule has 0 saturated heterocycles. The predicted octanol–water partition coefficient (Wildman–Crippen LogP) is 1.43. The van der Waals surface area contributed by atoms with Crippen LogP contribution >= 0.6 is 0 Å². The highest BCUT2D eigenvalue weighted by atomic mass is 16.5. The van der Waals surface area contributed by atoms with Gasteiger partial charge in [0.2, 0.25) is 0 Å². The Labute approximate surface area is 102 Å². The van der Waals surface area contributed by atoms with Crippen molar-refractivity contribution < 1.29 is 14.3 Å². The molecule has 2 N–H and O–H groups in total. The van der Waals surface area contributed by atoms with Gasteiger partial charge in [0.1, 0.15) is 0 Å². The van der Waals surface area contributed by atoms with Crippen LogP contribution in [-0.2, 0) is 9.53 Å². The molecule has 0 aliphatic heterocycles. The van der Waals surface area contributed by atoms with E-state index < -0.39 is 0 Å². The van der Waals surface area contributed by atoms with Crippen LogP contribution in [0.25, 0.3) is 0 Å². The molecule has 0 aromatic heterocycles. The summed E-state index contributed by atoms with van der Waals surface area (Å²) in [7, 11) is 1.34. The van der Waals surface area contributed by atoms with Crippen LogP contribution in [0.15, 0.2) is 0 Å². The average molecular weight is 242 g/mol. The molecular formula is C12H22N2O3. The van der Waals surface area contributed by atoms with Crippen molar-refractivity contribution in [1.29, 1.82) is 0 Å². The molecule has 0 unspecified atom stereocenters. The molecule has 0 heterocycles. The van der Waals surface area contributed by atoms with Gasteiger partial charge in [-0.2, -0.15) is 0 Å². The molecule has 1 aliphatic rings. The molecule has 0 atom stereocenters. The zero-order valence-electron chi connectivity index (χ0n) is 10.6. The summed E-state index contributed by atoms with van der Waals surface area (Å²) >= 11 is 0. The zero-order valence-corrected chi connectivity index (χ0v) is 10.6. The van der Waals surface area contributed by atoms with Crippen LogP contribution in [-0.4, -0.2) is 31.7 Å². The number of hydrogen-bond donors (Lipinski definition) is 2. The third-order valence-electron chi connectivity index (χ3n) is 3.19. The summed E-state index contributed by atoms with van der Waals surface area (Å²) in [5.74, 6) is 0.465. The lowest BCUT2D eigenvalue weighted by Crippen LogP contribution is -2.44. The summed E-state index contributed by atoms with van der Waals surface area (Å²) in [6.45, 7) is 2.56. The lowest BCUT2D eigenvalue weighted by molar-refractivity contribution is -0.140. The zero-order chi connectivity index (χ0) is 12.7. The van der Waals surface area contributed by atoms with Crippen LogP contribution in [0.3, 0.4) is 0 Å². The standard InChI is InChI=1S/C12H22N2O3/c1-9-3-5-10(6-4-9)14-12(16)13-8-7-11(15)17-2/h9-10H,3-8H2,1-2H3,(H2,13,14,16). The van der Waals surface area contributed by atoms with Crippen molar-refractivity contribution in [1.82, 2.24) is 10.6 Å². The molecule has 2 amide bonds. The van der Waals surface area contributed by atoms with Crippen LogP contribution in [0, 0.1) is 5.92 Å². The first kappa shape index (κ1) is 13.8. The van der Waals surface area contributed by atoms with Gasteiger partial charge in [-0.3, -0.25) is 4.79 Å². The lowest BCUT2D eigenvalue weighted by atomic mass is 9.87. The summed E-state index contributed by atoms with van der Waals surface area (Å²) in [6, 6.07) is 0.0952. The van der Waals surface area contributed by atoms with Gasteiger partial charge in [-0.15, -0.1) is 0 Å². The highest BCUT2D eigenvalue weighted by Gasteiger charge is 2.19. The summed E-state index contributed by atoms with van der Waals surface area (Å²) in [5, 5.41) is 5.58. The first-order chi connectivity index (χ1) is 8.11. The Kier molecular flexibility index (Phi) is 5.80. The number of rotatable bonds is 4. The van der Waals surface area contributed by atoms with Gasteiger partial charge in [-0.1, -0.05) is 6.92 Å². The average Bonchev–Trinajstić information content (AvgIpc) is 2.32. The van der Waals surface area contributed by atoms with Crippen LogP contribution in [0.5, 0.6) is 0 Å². The van der Waals surface area contributed by atoms with Crippen molar-refractivity contribution >= 4 is 12.0 Å². The smallest absolute Gasteiger partial charge is 0.315 e. The highest BCUT2D eigenvalue weighted by Crippen LogP contribution is 2.23. The Balaban J connectivity index is 2.10. The van der Waals surface area contributed by atoms with E-state index in [4.69, 9.17) is 0 Å². The highest BCUT2D eigenvalue weighted by molar-refractivity contribution is 5.75. The first-order valence-electron chi connectivity index (χ1n) is 6.23. The Hall–Kier alpha value is -1.26. The maximum Gasteiger partial charge on any atom is 0.315 e. The van der Waals surface area contributed by atoms with Gasteiger partial charge >= 0.3 is 12.0 Å². The van der Waals surface area contributed by atoms with E-state index in [0.29, 0.717) is 6.54 Å². The SMILES string of the molecule is COC(=O)CCNC(=O)NC1CCC(C)CC1. The van der Waals surface area contributed by atoms with Gasteiger partial charge < -0.3 is 15.4 Å². The van der Waals surface area contributed by atoms with E-state index in [0.717, 1.165) is 18.8 Å². The predicted molar refractivity (Wildman–Crippen MR) is 64.6 cm³/mol. The van der Waals surface area contributed by atoms with Crippen molar-refractivity contribution in [3.05, 3.63) is 0 Å². The van der Waals surface area contributed by atoms with E-state index in [2.05, 4.69) is 22.3 Å². The minimum Gasteiger partial charge on any atom is -0.469 e. The Morgan fingerprint density at radius 3 is 2.47 bits per heavy atom. The number of nitrogens with one attached hydrogen (secondary N) is 2. The number of ether oxygens (including phenoxy) is 1. The van der Waals surface area contributed by atoms with Gasteiger partial charge in [-0.05, 0) is 31.6 Å². The van der Waals surface area contributed by atoms with Crippen LogP contribution < -0.4 is 10.6 Å². The molecular weight excluding hydrogens is 220 g/mol. The van der Waals surface area contributed by atoms with Crippen molar-refractivity contribution in [2.45, 2.75) is 45.1 Å². The number of amides is 2. The molecule has 0 aromatic carbocycles. The lowest BCUT2D eigenvalue weighted by Gasteiger charge is -2.26. The van der Waals surface area contributed by atoms with E-state index in [1.54, 1.807) is 0 Å². The molecule has 0 bridgehead atoms. The first-order valence-corrected chi connectivity index (χ1v) is 6.23. The quantitative estimate of drug-likeness (QED) is 0.733. The van der Waals surface area contributed by atoms with Gasteiger partial charge in [0.25, 0.3) is 0 Å². The van der Waals surface area contributed by atoms with Crippen molar-refractivity contribution in [3.8, 4) is 0 Å². The number of methoxy groups -OCH3 is 1. The number of urea groups is 1. The fourth-order valence-corrected chi connectivity index (χ4v) is 2.02. The van der Waals surface area contributed by atoms with E-state index in [9.17, 15) is 9.59 Å². The second-order valence-corrected chi connectivity index (χ2v) is 4.68. The molecule has 0 radical (unpaired) electrons. The Bertz CT molecular complexity index is 260. The van der Waals surface area contributed by atoms with E-state index in [1.807, 2.05) is 0 Å². The number of hydrogen-bond acceptors (Lipinski definition) is 3. The van der Waals surface area contributed by atoms with E-state index in [1.165, 1.54) is 20.0 Å². The van der Waals surface area contributed by atoms with Gasteiger partial charge in [0.05, 0.1) is 13.5 Å². The van der Waals surface area contributed by atoms with Crippen molar-refractivity contribution in [2.75, 3.05) is 13.7 Å². The maximum atomic E-state index is 11.5. The second-order valence-electron chi connectivity index (χ2n) is 4.68. The largest absolute Gasteiger partial charge is 0.469 e. The molecule has 98 valence electrons. The van der Waals surface area contributed by atoms with Crippen LogP contribution in [0.2, 0.25) is 0 Å². The molecule has 1 rings (SSSR count). The van der Waals surface area contributed by atoms with Crippen LogP contribution in [0.4, 0.5) is 4.79 Å². The third-order valence-corrected chi connectivity index (χ3v) is 3.19. The molecule has 1 fully saturated rings. The van der Waals surface area contributed by atoms with Crippen molar-refractivity contribution in [2.24, 2.45) is 5.92 Å². The third kappa shape index (κ3) is 5.56. The topological polar surface area (TPSA) is 67.4 Å². The maximum absolute atomic E-state index is 11.5. The number of carbonyl (C=O) groups is 2. The molecule has 17 heavy (non-hydrogen) atoms. The molecule has 1 aliphatic carbocycles. The molecule has 5 nitrogen and oxygen atoms in total. The summed E-state index contributed by atoms with van der Waals surface area (Å²) < 4.78 is 4.48. The van der Waals surface area contributed by atoms with Gasteiger partial charge in [-0.25, -0.2) is 4.79 Å².